The molecule has 0 aromatic heterocycles. The summed E-state index contributed by atoms with van der Waals surface area (Å²) in [5, 5.41) is 2.62. The summed E-state index contributed by atoms with van der Waals surface area (Å²) in [6.45, 7) is 0.127. The van der Waals surface area contributed by atoms with Gasteiger partial charge < -0.3 is 10.2 Å². The number of nitrogens with zero attached hydrogens (tertiary/aromatic N) is 1. The molecule has 0 saturated heterocycles. The Kier molecular flexibility index (Phi) is 5.05. The lowest BCUT2D eigenvalue weighted by atomic mass is 10.1. The third-order valence-corrected chi connectivity index (χ3v) is 2.68. The van der Waals surface area contributed by atoms with Crippen molar-refractivity contribution in [2.45, 2.75) is 12.6 Å². The van der Waals surface area contributed by atoms with Crippen LogP contribution in [0.15, 0.2) is 18.2 Å². The summed E-state index contributed by atoms with van der Waals surface area (Å²) < 4.78 is 38.3. The van der Waals surface area contributed by atoms with Crippen LogP contribution in [0.5, 0.6) is 0 Å². The van der Waals surface area contributed by atoms with Gasteiger partial charge in [-0.2, -0.15) is 13.2 Å². The molecular weight excluding hydrogens is 281 g/mol. The number of amides is 1. The van der Waals surface area contributed by atoms with E-state index in [0.29, 0.717) is 0 Å². The molecule has 0 heterocycles. The molecule has 0 aliphatic heterocycles. The molecule has 0 unspecified atom stereocenters. The topological polar surface area (TPSA) is 32.3 Å². The van der Waals surface area contributed by atoms with Crippen LogP contribution < -0.4 is 5.32 Å². The molecule has 0 bridgehead atoms. The van der Waals surface area contributed by atoms with Gasteiger partial charge >= 0.3 is 6.18 Å². The lowest BCUT2D eigenvalue weighted by Gasteiger charge is -2.15. The fraction of sp³-hybridized carbons (Fsp3) is 0.417. The van der Waals surface area contributed by atoms with Gasteiger partial charge in [-0.25, -0.2) is 0 Å². The van der Waals surface area contributed by atoms with Crippen LogP contribution in [0.2, 0.25) is 5.02 Å². The van der Waals surface area contributed by atoms with Crippen LogP contribution in [0.4, 0.5) is 18.9 Å². The van der Waals surface area contributed by atoms with Gasteiger partial charge in [0.15, 0.2) is 0 Å². The summed E-state index contributed by atoms with van der Waals surface area (Å²) in [6, 6.07) is 3.48. The van der Waals surface area contributed by atoms with Crippen molar-refractivity contribution in [2.75, 3.05) is 26.0 Å². The number of carbonyl (C=O) groups is 1. The SMILES string of the molecule is CN(C)C(=O)CCNc1ccc(Cl)cc1C(F)(F)F. The number of nitrogens with one attached hydrogen (secondary N) is 1. The molecule has 0 saturated carbocycles. The Labute approximate surface area is 114 Å². The van der Waals surface area contributed by atoms with E-state index in [0.717, 1.165) is 6.07 Å². The first-order chi connectivity index (χ1) is 8.71. The van der Waals surface area contributed by atoms with Gasteiger partial charge in [0.2, 0.25) is 5.91 Å². The Morgan fingerprint density at radius 1 is 1.37 bits per heavy atom. The summed E-state index contributed by atoms with van der Waals surface area (Å²) in [5.41, 5.74) is -0.916. The minimum atomic E-state index is -4.49. The van der Waals surface area contributed by atoms with E-state index in [1.807, 2.05) is 0 Å². The van der Waals surface area contributed by atoms with Crippen LogP contribution in [-0.4, -0.2) is 31.4 Å². The maximum Gasteiger partial charge on any atom is 0.418 e. The summed E-state index contributed by atoms with van der Waals surface area (Å²) in [7, 11) is 3.18. The third kappa shape index (κ3) is 4.63. The molecule has 1 N–H and O–H groups in total. The quantitative estimate of drug-likeness (QED) is 0.924. The van der Waals surface area contributed by atoms with Gasteiger partial charge in [-0.15, -0.1) is 0 Å². The van der Waals surface area contributed by atoms with Crippen molar-refractivity contribution in [2.24, 2.45) is 0 Å². The normalized spacial score (nSPS) is 11.3. The van der Waals surface area contributed by atoms with Crippen molar-refractivity contribution in [1.29, 1.82) is 0 Å². The second-order valence-corrected chi connectivity index (χ2v) is 4.59. The van der Waals surface area contributed by atoms with E-state index in [1.54, 1.807) is 14.1 Å². The number of hydrogen-bond donors (Lipinski definition) is 1. The number of anilines is 1. The molecule has 3 nitrogen and oxygen atoms in total. The minimum absolute atomic E-state index is 0.0160. The summed E-state index contributed by atoms with van der Waals surface area (Å²) in [5.74, 6) is -0.157. The van der Waals surface area contributed by atoms with E-state index in [-0.39, 0.29) is 29.6 Å². The summed E-state index contributed by atoms with van der Waals surface area (Å²) >= 11 is 5.56. The van der Waals surface area contributed by atoms with Gasteiger partial charge in [0.25, 0.3) is 0 Å². The number of alkyl halides is 3. The van der Waals surface area contributed by atoms with Gasteiger partial charge in [0.1, 0.15) is 0 Å². The first kappa shape index (κ1) is 15.6. The first-order valence-electron chi connectivity index (χ1n) is 5.52. The molecule has 0 aliphatic carbocycles. The highest BCUT2D eigenvalue weighted by molar-refractivity contribution is 6.30. The van der Waals surface area contributed by atoms with Crippen molar-refractivity contribution in [3.63, 3.8) is 0 Å². The van der Waals surface area contributed by atoms with Crippen molar-refractivity contribution >= 4 is 23.2 Å². The van der Waals surface area contributed by atoms with Crippen LogP contribution in [-0.2, 0) is 11.0 Å². The maximum atomic E-state index is 12.8. The summed E-state index contributed by atoms with van der Waals surface area (Å²) in [4.78, 5) is 12.7. The molecule has 0 aliphatic rings. The summed E-state index contributed by atoms with van der Waals surface area (Å²) in [6.07, 6.45) is -4.37. The Balaban J connectivity index is 2.76. The Hall–Kier alpha value is -1.43. The van der Waals surface area contributed by atoms with Crippen LogP contribution in [0, 0.1) is 0 Å². The fourth-order valence-corrected chi connectivity index (χ4v) is 1.60. The van der Waals surface area contributed by atoms with E-state index in [4.69, 9.17) is 11.6 Å². The second-order valence-electron chi connectivity index (χ2n) is 4.15. The van der Waals surface area contributed by atoms with Crippen molar-refractivity contribution in [1.82, 2.24) is 4.90 Å². The number of benzene rings is 1. The molecule has 0 atom stereocenters. The zero-order valence-corrected chi connectivity index (χ0v) is 11.3. The average Bonchev–Trinajstić information content (AvgIpc) is 2.29. The van der Waals surface area contributed by atoms with Gasteiger partial charge in [-0.1, -0.05) is 11.6 Å². The molecule has 7 heteroatoms. The Morgan fingerprint density at radius 3 is 2.53 bits per heavy atom. The Bertz CT molecular complexity index is 461. The molecule has 0 fully saturated rings. The van der Waals surface area contributed by atoms with Crippen molar-refractivity contribution in [3.05, 3.63) is 28.8 Å². The number of halogens is 4. The average molecular weight is 295 g/mol. The predicted octanol–water partition coefficient (Wildman–Crippen LogP) is 3.25. The predicted molar refractivity (Wildman–Crippen MR) is 68.3 cm³/mol. The van der Waals surface area contributed by atoms with Crippen LogP contribution in [0.3, 0.4) is 0 Å². The molecule has 0 spiro atoms. The molecule has 19 heavy (non-hydrogen) atoms. The van der Waals surface area contributed by atoms with E-state index >= 15 is 0 Å². The Morgan fingerprint density at radius 2 is 2.00 bits per heavy atom. The minimum Gasteiger partial charge on any atom is -0.384 e. The smallest absolute Gasteiger partial charge is 0.384 e. The highest BCUT2D eigenvalue weighted by Crippen LogP contribution is 2.36. The molecule has 1 rings (SSSR count). The fourth-order valence-electron chi connectivity index (χ4n) is 1.43. The van der Waals surface area contributed by atoms with Gasteiger partial charge in [0.05, 0.1) is 5.56 Å². The van der Waals surface area contributed by atoms with Crippen LogP contribution >= 0.6 is 11.6 Å². The van der Waals surface area contributed by atoms with Crippen LogP contribution in [0.1, 0.15) is 12.0 Å². The van der Waals surface area contributed by atoms with Gasteiger partial charge in [0, 0.05) is 37.8 Å². The van der Waals surface area contributed by atoms with E-state index in [9.17, 15) is 18.0 Å². The van der Waals surface area contributed by atoms with Crippen molar-refractivity contribution in [3.8, 4) is 0 Å². The monoisotopic (exact) mass is 294 g/mol. The van der Waals surface area contributed by atoms with Gasteiger partial charge in [-0.3, -0.25) is 4.79 Å². The number of carbonyl (C=O) groups excluding carboxylic acids is 1. The number of hydrogen-bond acceptors (Lipinski definition) is 2. The van der Waals surface area contributed by atoms with E-state index in [2.05, 4.69) is 5.32 Å². The number of rotatable bonds is 4. The third-order valence-electron chi connectivity index (χ3n) is 2.44. The zero-order chi connectivity index (χ0) is 14.6. The first-order valence-corrected chi connectivity index (χ1v) is 5.90. The van der Waals surface area contributed by atoms with Gasteiger partial charge in [-0.05, 0) is 18.2 Å². The van der Waals surface area contributed by atoms with E-state index in [1.165, 1.54) is 17.0 Å². The largest absolute Gasteiger partial charge is 0.418 e. The molecule has 0 radical (unpaired) electrons. The molecule has 1 aromatic rings. The highest BCUT2D eigenvalue weighted by atomic mass is 35.5. The lowest BCUT2D eigenvalue weighted by Crippen LogP contribution is -2.24. The standard InChI is InChI=1S/C12H14ClF3N2O/c1-18(2)11(19)5-6-17-10-4-3-8(13)7-9(10)12(14,15)16/h3-4,7,17H,5-6H2,1-2H3. The van der Waals surface area contributed by atoms with Crippen LogP contribution in [0.25, 0.3) is 0 Å². The zero-order valence-electron chi connectivity index (χ0n) is 10.5. The van der Waals surface area contributed by atoms with Crippen molar-refractivity contribution < 1.29 is 18.0 Å². The molecule has 106 valence electrons. The second kappa shape index (κ2) is 6.14. The van der Waals surface area contributed by atoms with E-state index < -0.39 is 11.7 Å². The molecular formula is C12H14ClF3N2O. The lowest BCUT2D eigenvalue weighted by molar-refractivity contribution is -0.137. The maximum absolute atomic E-state index is 12.8. The molecule has 1 amide bonds. The highest BCUT2D eigenvalue weighted by Gasteiger charge is 2.33. The molecule has 1 aromatic carbocycles.